The summed E-state index contributed by atoms with van der Waals surface area (Å²) in [6.07, 6.45) is 2.44. The van der Waals surface area contributed by atoms with Crippen LogP contribution < -0.4 is 4.74 Å². The molecule has 0 aliphatic rings. The van der Waals surface area contributed by atoms with E-state index in [9.17, 15) is 10.2 Å². The highest BCUT2D eigenvalue weighted by Crippen LogP contribution is 2.33. The SMILES string of the molecule is CC=COCC(O)COc1ccc(-c2nc(-c3ccccc3C)nc(-c3ccccc3C)n2)c(O)c1. The lowest BCUT2D eigenvalue weighted by atomic mass is 10.1. The summed E-state index contributed by atoms with van der Waals surface area (Å²) in [7, 11) is 0. The number of hydrogen-bond acceptors (Lipinski definition) is 7. The Balaban J connectivity index is 1.69. The lowest BCUT2D eigenvalue weighted by Crippen LogP contribution is -2.22. The Kier molecular flexibility index (Phi) is 7.92. The Morgan fingerprint density at radius 2 is 1.33 bits per heavy atom. The molecule has 4 rings (SSSR count). The number of allylic oxidation sites excluding steroid dienone is 1. The van der Waals surface area contributed by atoms with E-state index in [-0.39, 0.29) is 19.0 Å². The molecule has 0 amide bonds. The smallest absolute Gasteiger partial charge is 0.167 e. The monoisotopic (exact) mass is 483 g/mol. The summed E-state index contributed by atoms with van der Waals surface area (Å²) >= 11 is 0. The average Bonchev–Trinajstić information content (AvgIpc) is 2.88. The number of aryl methyl sites for hydroxylation is 2. The Morgan fingerprint density at radius 3 is 1.86 bits per heavy atom. The van der Waals surface area contributed by atoms with Crippen molar-refractivity contribution in [1.29, 1.82) is 0 Å². The van der Waals surface area contributed by atoms with Gasteiger partial charge in [-0.05, 0) is 44.0 Å². The number of aliphatic hydroxyl groups excluding tert-OH is 1. The first kappa shape index (κ1) is 24.9. The van der Waals surface area contributed by atoms with Crippen LogP contribution in [0.4, 0.5) is 0 Å². The number of hydrogen-bond donors (Lipinski definition) is 2. The minimum atomic E-state index is -0.806. The van der Waals surface area contributed by atoms with Crippen LogP contribution in [-0.2, 0) is 4.74 Å². The van der Waals surface area contributed by atoms with Gasteiger partial charge in [-0.2, -0.15) is 0 Å². The maximum atomic E-state index is 10.8. The van der Waals surface area contributed by atoms with Crippen LogP contribution in [0.5, 0.6) is 11.5 Å². The predicted octanol–water partition coefficient (Wildman–Crippen LogP) is 5.48. The third-order valence-corrected chi connectivity index (χ3v) is 5.58. The second-order valence-corrected chi connectivity index (χ2v) is 8.38. The van der Waals surface area contributed by atoms with Crippen LogP contribution in [0, 0.1) is 13.8 Å². The molecule has 0 saturated carbocycles. The van der Waals surface area contributed by atoms with E-state index in [1.807, 2.05) is 69.3 Å². The summed E-state index contributed by atoms with van der Waals surface area (Å²) in [5.74, 6) is 1.78. The predicted molar refractivity (Wildman–Crippen MR) is 140 cm³/mol. The first-order valence-corrected chi connectivity index (χ1v) is 11.7. The van der Waals surface area contributed by atoms with Crippen molar-refractivity contribution in [3.63, 3.8) is 0 Å². The molecule has 2 N–H and O–H groups in total. The number of ether oxygens (including phenoxy) is 2. The van der Waals surface area contributed by atoms with E-state index in [1.165, 1.54) is 12.3 Å². The van der Waals surface area contributed by atoms with Crippen molar-refractivity contribution in [1.82, 2.24) is 15.0 Å². The number of benzene rings is 3. The number of phenolic OH excluding ortho intramolecular Hbond substituents is 1. The summed E-state index contributed by atoms with van der Waals surface area (Å²) < 4.78 is 10.8. The van der Waals surface area contributed by atoms with Gasteiger partial charge >= 0.3 is 0 Å². The molecule has 36 heavy (non-hydrogen) atoms. The van der Waals surface area contributed by atoms with Crippen LogP contribution in [0.3, 0.4) is 0 Å². The van der Waals surface area contributed by atoms with E-state index in [2.05, 4.69) is 0 Å². The largest absolute Gasteiger partial charge is 0.507 e. The first-order chi connectivity index (χ1) is 17.5. The Labute approximate surface area is 210 Å². The second kappa shape index (κ2) is 11.5. The van der Waals surface area contributed by atoms with Crippen molar-refractivity contribution < 1.29 is 19.7 Å². The zero-order chi connectivity index (χ0) is 25.5. The molecule has 1 heterocycles. The fourth-order valence-electron chi connectivity index (χ4n) is 3.68. The van der Waals surface area contributed by atoms with Gasteiger partial charge in [0.25, 0.3) is 0 Å². The van der Waals surface area contributed by atoms with Crippen LogP contribution in [0.25, 0.3) is 34.2 Å². The lowest BCUT2D eigenvalue weighted by molar-refractivity contribution is 0.0463. The van der Waals surface area contributed by atoms with Crippen molar-refractivity contribution in [2.24, 2.45) is 0 Å². The van der Waals surface area contributed by atoms with Crippen molar-refractivity contribution in [2.45, 2.75) is 26.9 Å². The minimum absolute atomic E-state index is 0.0248. The zero-order valence-electron chi connectivity index (χ0n) is 20.5. The number of aromatic hydroxyl groups is 1. The van der Waals surface area contributed by atoms with Crippen molar-refractivity contribution in [3.8, 4) is 45.7 Å². The molecule has 0 spiro atoms. The summed E-state index contributed by atoms with van der Waals surface area (Å²) in [5, 5.41) is 20.8. The Hall–Kier alpha value is -4.23. The maximum Gasteiger partial charge on any atom is 0.167 e. The molecule has 0 fully saturated rings. The zero-order valence-corrected chi connectivity index (χ0v) is 20.5. The highest BCUT2D eigenvalue weighted by atomic mass is 16.5. The van der Waals surface area contributed by atoms with Gasteiger partial charge in [-0.3, -0.25) is 0 Å². The highest BCUT2D eigenvalue weighted by Gasteiger charge is 2.17. The van der Waals surface area contributed by atoms with Gasteiger partial charge in [-0.25, -0.2) is 15.0 Å². The first-order valence-electron chi connectivity index (χ1n) is 11.7. The summed E-state index contributed by atoms with van der Waals surface area (Å²) in [4.78, 5) is 14.2. The van der Waals surface area contributed by atoms with Crippen LogP contribution in [0.2, 0.25) is 0 Å². The molecule has 1 atom stereocenters. The standard InChI is InChI=1S/C29H29N3O4/c1-4-15-35-17-21(33)18-36-22-13-14-25(26(34)16-22)29-31-27(23-11-7-5-9-19(23)2)30-28(32-29)24-12-8-6-10-20(24)3/h4-16,21,33-34H,17-18H2,1-3H3. The van der Waals surface area contributed by atoms with Gasteiger partial charge in [-0.1, -0.05) is 54.6 Å². The van der Waals surface area contributed by atoms with E-state index in [4.69, 9.17) is 24.4 Å². The Bertz CT molecular complexity index is 1310. The summed E-state index contributed by atoms with van der Waals surface area (Å²) in [6.45, 7) is 5.98. The maximum absolute atomic E-state index is 10.8. The molecular formula is C29H29N3O4. The van der Waals surface area contributed by atoms with Crippen LogP contribution in [-0.4, -0.2) is 44.5 Å². The van der Waals surface area contributed by atoms with Gasteiger partial charge < -0.3 is 19.7 Å². The highest BCUT2D eigenvalue weighted by molar-refractivity contribution is 5.72. The molecule has 1 unspecified atom stereocenters. The molecule has 0 aliphatic heterocycles. The van der Waals surface area contributed by atoms with Gasteiger partial charge in [-0.15, -0.1) is 0 Å². The van der Waals surface area contributed by atoms with Crippen LogP contribution in [0.15, 0.2) is 79.1 Å². The summed E-state index contributed by atoms with van der Waals surface area (Å²) in [5.41, 5.74) is 4.31. The Morgan fingerprint density at radius 1 is 0.778 bits per heavy atom. The van der Waals surface area contributed by atoms with E-state index in [0.717, 1.165) is 22.3 Å². The fraction of sp³-hybridized carbons (Fsp3) is 0.207. The normalized spacial score (nSPS) is 12.0. The quantitative estimate of drug-likeness (QED) is 0.304. The fourth-order valence-corrected chi connectivity index (χ4v) is 3.68. The van der Waals surface area contributed by atoms with Crippen molar-refractivity contribution in [2.75, 3.05) is 13.2 Å². The van der Waals surface area contributed by atoms with Crippen LogP contribution in [0.1, 0.15) is 18.1 Å². The van der Waals surface area contributed by atoms with Gasteiger partial charge in [0.15, 0.2) is 17.5 Å². The van der Waals surface area contributed by atoms with Crippen LogP contribution >= 0.6 is 0 Å². The third-order valence-electron chi connectivity index (χ3n) is 5.58. The summed E-state index contributed by atoms with van der Waals surface area (Å²) in [6, 6.07) is 20.7. The number of aliphatic hydroxyl groups is 1. The molecule has 0 bridgehead atoms. The number of aromatic nitrogens is 3. The molecule has 0 aliphatic carbocycles. The number of phenols is 1. The lowest BCUT2D eigenvalue weighted by Gasteiger charge is -2.14. The average molecular weight is 484 g/mol. The minimum Gasteiger partial charge on any atom is -0.507 e. The van der Waals surface area contributed by atoms with E-state index in [0.29, 0.717) is 28.8 Å². The molecular weight excluding hydrogens is 454 g/mol. The second-order valence-electron chi connectivity index (χ2n) is 8.38. The van der Waals surface area contributed by atoms with E-state index < -0.39 is 6.10 Å². The van der Waals surface area contributed by atoms with Gasteiger partial charge in [0, 0.05) is 17.2 Å². The molecule has 3 aromatic carbocycles. The number of rotatable bonds is 9. The third kappa shape index (κ3) is 5.87. The molecule has 0 radical (unpaired) electrons. The van der Waals surface area contributed by atoms with Gasteiger partial charge in [0.1, 0.15) is 30.8 Å². The topological polar surface area (TPSA) is 97.6 Å². The van der Waals surface area contributed by atoms with E-state index in [1.54, 1.807) is 18.2 Å². The number of nitrogens with zero attached hydrogens (tertiary/aromatic N) is 3. The molecule has 7 nitrogen and oxygen atoms in total. The van der Waals surface area contributed by atoms with Crippen molar-refractivity contribution in [3.05, 3.63) is 90.2 Å². The molecule has 7 heteroatoms. The molecule has 0 saturated heterocycles. The van der Waals surface area contributed by atoms with Crippen molar-refractivity contribution >= 4 is 0 Å². The molecule has 1 aromatic heterocycles. The van der Waals surface area contributed by atoms with E-state index >= 15 is 0 Å². The molecule has 4 aromatic rings. The van der Waals surface area contributed by atoms with Gasteiger partial charge in [0.2, 0.25) is 0 Å². The van der Waals surface area contributed by atoms with Gasteiger partial charge in [0.05, 0.1) is 11.8 Å². The molecule has 184 valence electrons.